The van der Waals surface area contributed by atoms with Crippen LogP contribution in [0.5, 0.6) is 5.75 Å². The van der Waals surface area contributed by atoms with Gasteiger partial charge in [-0.2, -0.15) is 0 Å². The van der Waals surface area contributed by atoms with Crippen molar-refractivity contribution in [2.24, 2.45) is 0 Å². The Labute approximate surface area is 122 Å². The van der Waals surface area contributed by atoms with Crippen LogP contribution in [0.4, 0.5) is 4.39 Å². The van der Waals surface area contributed by atoms with Crippen LogP contribution in [0.3, 0.4) is 0 Å². The predicted octanol–water partition coefficient (Wildman–Crippen LogP) is 3.72. The van der Waals surface area contributed by atoms with E-state index in [0.717, 1.165) is 23.3 Å². The zero-order valence-electron chi connectivity index (χ0n) is 11.1. The van der Waals surface area contributed by atoms with Crippen molar-refractivity contribution < 1.29 is 9.13 Å². The number of halogens is 2. The molecule has 1 N–H and O–H groups in total. The summed E-state index contributed by atoms with van der Waals surface area (Å²) in [6.07, 6.45) is 0.934. The van der Waals surface area contributed by atoms with Gasteiger partial charge in [0.05, 0.1) is 17.7 Å². The lowest BCUT2D eigenvalue weighted by Gasteiger charge is -2.20. The van der Waals surface area contributed by atoms with Gasteiger partial charge in [0.25, 0.3) is 0 Å². The number of ether oxygens (including phenoxy) is 1. The van der Waals surface area contributed by atoms with Crippen LogP contribution >= 0.6 is 11.6 Å². The van der Waals surface area contributed by atoms with E-state index in [2.05, 4.69) is 11.4 Å². The first-order valence-corrected chi connectivity index (χ1v) is 6.95. The predicted molar refractivity (Wildman–Crippen MR) is 78.0 cm³/mol. The number of benzene rings is 2. The van der Waals surface area contributed by atoms with Gasteiger partial charge in [0.2, 0.25) is 0 Å². The molecule has 0 bridgehead atoms. The first kappa shape index (κ1) is 13.4. The molecule has 4 heteroatoms. The van der Waals surface area contributed by atoms with Crippen LogP contribution in [0.2, 0.25) is 5.02 Å². The molecule has 0 aromatic heterocycles. The molecule has 0 amide bonds. The Kier molecular flexibility index (Phi) is 3.64. The molecule has 0 fully saturated rings. The van der Waals surface area contributed by atoms with Crippen molar-refractivity contribution in [3.8, 4) is 5.75 Å². The summed E-state index contributed by atoms with van der Waals surface area (Å²) >= 11 is 5.89. The fourth-order valence-corrected chi connectivity index (χ4v) is 2.85. The Morgan fingerprint density at radius 2 is 2.15 bits per heavy atom. The summed E-state index contributed by atoms with van der Waals surface area (Å²) in [5.41, 5.74) is 3.20. The third kappa shape index (κ3) is 2.28. The van der Waals surface area contributed by atoms with Crippen molar-refractivity contribution in [3.05, 3.63) is 63.9 Å². The summed E-state index contributed by atoms with van der Waals surface area (Å²) in [4.78, 5) is 0. The van der Waals surface area contributed by atoms with Crippen molar-refractivity contribution >= 4 is 11.6 Å². The first-order chi connectivity index (χ1) is 9.70. The van der Waals surface area contributed by atoms with Gasteiger partial charge in [-0.3, -0.25) is 0 Å². The summed E-state index contributed by atoms with van der Waals surface area (Å²) in [5.74, 6) is 0.534. The highest BCUT2D eigenvalue weighted by Crippen LogP contribution is 2.36. The molecule has 0 spiro atoms. The second-order valence-corrected chi connectivity index (χ2v) is 5.24. The molecule has 1 heterocycles. The molecule has 0 saturated heterocycles. The first-order valence-electron chi connectivity index (χ1n) is 6.57. The summed E-state index contributed by atoms with van der Waals surface area (Å²) in [6.45, 7) is 0.715. The van der Waals surface area contributed by atoms with Gasteiger partial charge < -0.3 is 10.1 Å². The molecule has 20 heavy (non-hydrogen) atoms. The van der Waals surface area contributed by atoms with Gasteiger partial charge in [-0.25, -0.2) is 4.39 Å². The molecule has 0 radical (unpaired) electrons. The minimum absolute atomic E-state index is 0.0684. The highest BCUT2D eigenvalue weighted by molar-refractivity contribution is 6.30. The van der Waals surface area contributed by atoms with Gasteiger partial charge in [0.15, 0.2) is 0 Å². The zero-order chi connectivity index (χ0) is 14.1. The van der Waals surface area contributed by atoms with E-state index < -0.39 is 5.82 Å². The summed E-state index contributed by atoms with van der Waals surface area (Å²) < 4.78 is 19.1. The van der Waals surface area contributed by atoms with Crippen LogP contribution in [0.15, 0.2) is 36.4 Å². The highest BCUT2D eigenvalue weighted by atomic mass is 35.5. The number of hydrogen-bond acceptors (Lipinski definition) is 2. The van der Waals surface area contributed by atoms with Crippen LogP contribution in [0, 0.1) is 5.82 Å². The van der Waals surface area contributed by atoms with E-state index in [1.165, 1.54) is 11.6 Å². The standard InChI is InChI=1S/C16H15ClFNO/c1-19-15(11-5-6-14(18)13(17)9-11)12-4-2-3-10-7-8-20-16(10)12/h2-6,9,15,19H,7-8H2,1H3. The van der Waals surface area contributed by atoms with Crippen LogP contribution < -0.4 is 10.1 Å². The Hall–Kier alpha value is -1.58. The average molecular weight is 292 g/mol. The lowest BCUT2D eigenvalue weighted by Crippen LogP contribution is -2.18. The van der Waals surface area contributed by atoms with Crippen LogP contribution in [0.1, 0.15) is 22.7 Å². The quantitative estimate of drug-likeness (QED) is 0.930. The fraction of sp³-hybridized carbons (Fsp3) is 0.250. The van der Waals surface area contributed by atoms with Gasteiger partial charge in [-0.15, -0.1) is 0 Å². The second kappa shape index (κ2) is 5.43. The van der Waals surface area contributed by atoms with Crippen molar-refractivity contribution in [2.45, 2.75) is 12.5 Å². The monoisotopic (exact) mass is 291 g/mol. The summed E-state index contributed by atoms with van der Waals surface area (Å²) in [7, 11) is 1.87. The maximum absolute atomic E-state index is 13.3. The highest BCUT2D eigenvalue weighted by Gasteiger charge is 2.22. The van der Waals surface area contributed by atoms with Gasteiger partial charge >= 0.3 is 0 Å². The number of hydrogen-bond donors (Lipinski definition) is 1. The number of nitrogens with one attached hydrogen (secondary N) is 1. The Morgan fingerprint density at radius 1 is 1.30 bits per heavy atom. The average Bonchev–Trinajstić information content (AvgIpc) is 2.93. The van der Waals surface area contributed by atoms with Crippen molar-refractivity contribution in [1.82, 2.24) is 5.32 Å². The van der Waals surface area contributed by atoms with Gasteiger partial charge in [-0.1, -0.05) is 35.9 Å². The molecule has 1 aliphatic rings. The lowest BCUT2D eigenvalue weighted by atomic mass is 9.96. The van der Waals surface area contributed by atoms with Crippen LogP contribution in [-0.4, -0.2) is 13.7 Å². The molecule has 2 aromatic rings. The number of para-hydroxylation sites is 1. The maximum atomic E-state index is 13.3. The fourth-order valence-electron chi connectivity index (χ4n) is 2.66. The third-order valence-corrected chi connectivity index (χ3v) is 3.91. The minimum atomic E-state index is -0.403. The Balaban J connectivity index is 2.06. The zero-order valence-corrected chi connectivity index (χ0v) is 11.9. The molecule has 2 aromatic carbocycles. The van der Waals surface area contributed by atoms with Gasteiger partial charge in [-0.05, 0) is 30.3 Å². The van der Waals surface area contributed by atoms with Crippen LogP contribution in [-0.2, 0) is 6.42 Å². The lowest BCUT2D eigenvalue weighted by molar-refractivity contribution is 0.351. The molecule has 104 valence electrons. The summed E-state index contributed by atoms with van der Waals surface area (Å²) in [6, 6.07) is 10.9. The van der Waals surface area contributed by atoms with Crippen molar-refractivity contribution in [1.29, 1.82) is 0 Å². The topological polar surface area (TPSA) is 21.3 Å². The molecule has 2 nitrogen and oxygen atoms in total. The molecule has 1 aliphatic heterocycles. The SMILES string of the molecule is CNC(c1ccc(F)c(Cl)c1)c1cccc2c1OCC2. The van der Waals surface area contributed by atoms with E-state index in [4.69, 9.17) is 16.3 Å². The number of fused-ring (bicyclic) bond motifs is 1. The van der Waals surface area contributed by atoms with E-state index in [1.54, 1.807) is 12.1 Å². The molecule has 0 saturated carbocycles. The Bertz CT molecular complexity index is 644. The van der Waals surface area contributed by atoms with Gasteiger partial charge in [0, 0.05) is 12.0 Å². The summed E-state index contributed by atoms with van der Waals surface area (Å²) in [5, 5.41) is 3.39. The molecular formula is C16H15ClFNO. The van der Waals surface area contributed by atoms with E-state index in [-0.39, 0.29) is 11.1 Å². The van der Waals surface area contributed by atoms with E-state index in [9.17, 15) is 4.39 Å². The van der Waals surface area contributed by atoms with Crippen LogP contribution in [0.25, 0.3) is 0 Å². The minimum Gasteiger partial charge on any atom is -0.493 e. The van der Waals surface area contributed by atoms with E-state index >= 15 is 0 Å². The number of rotatable bonds is 3. The largest absolute Gasteiger partial charge is 0.493 e. The maximum Gasteiger partial charge on any atom is 0.141 e. The molecule has 1 unspecified atom stereocenters. The molecule has 3 rings (SSSR count). The molecule has 0 aliphatic carbocycles. The molecule has 1 atom stereocenters. The molecular weight excluding hydrogens is 277 g/mol. The van der Waals surface area contributed by atoms with E-state index in [1.807, 2.05) is 19.2 Å². The van der Waals surface area contributed by atoms with Gasteiger partial charge in [0.1, 0.15) is 11.6 Å². The third-order valence-electron chi connectivity index (χ3n) is 3.62. The normalized spacial score (nSPS) is 14.8. The Morgan fingerprint density at radius 3 is 2.90 bits per heavy atom. The van der Waals surface area contributed by atoms with Crippen molar-refractivity contribution in [3.63, 3.8) is 0 Å². The smallest absolute Gasteiger partial charge is 0.141 e. The second-order valence-electron chi connectivity index (χ2n) is 4.83. The van der Waals surface area contributed by atoms with Crippen molar-refractivity contribution in [2.75, 3.05) is 13.7 Å². The van der Waals surface area contributed by atoms with E-state index in [0.29, 0.717) is 6.61 Å².